The van der Waals surface area contributed by atoms with E-state index in [1.54, 1.807) is 11.8 Å². The lowest BCUT2D eigenvalue weighted by Crippen LogP contribution is -2.30. The number of alkyl halides is 3. The van der Waals surface area contributed by atoms with E-state index in [-0.39, 0.29) is 17.7 Å². The molecule has 0 saturated carbocycles. The van der Waals surface area contributed by atoms with Gasteiger partial charge in [0, 0.05) is 18.1 Å². The van der Waals surface area contributed by atoms with Gasteiger partial charge < -0.3 is 9.73 Å². The van der Waals surface area contributed by atoms with Crippen LogP contribution in [0.2, 0.25) is 0 Å². The van der Waals surface area contributed by atoms with Gasteiger partial charge >= 0.3 is 6.18 Å². The summed E-state index contributed by atoms with van der Waals surface area (Å²) in [5.41, 5.74) is -0.917. The van der Waals surface area contributed by atoms with Gasteiger partial charge in [-0.25, -0.2) is 4.98 Å². The van der Waals surface area contributed by atoms with Crippen molar-refractivity contribution in [3.05, 3.63) is 17.3 Å². The van der Waals surface area contributed by atoms with E-state index in [1.165, 1.54) is 6.92 Å². The van der Waals surface area contributed by atoms with Crippen molar-refractivity contribution >= 4 is 11.8 Å². The van der Waals surface area contributed by atoms with Crippen LogP contribution in [0.15, 0.2) is 4.42 Å². The highest BCUT2D eigenvalue weighted by Gasteiger charge is 2.38. The molecule has 90 valence electrons. The maximum atomic E-state index is 12.5. The van der Waals surface area contributed by atoms with Crippen molar-refractivity contribution in [2.24, 2.45) is 0 Å². The van der Waals surface area contributed by atoms with Gasteiger partial charge in [0.05, 0.1) is 6.04 Å². The van der Waals surface area contributed by atoms with E-state index in [2.05, 4.69) is 10.3 Å². The first-order chi connectivity index (χ1) is 7.48. The number of nitrogens with zero attached hydrogens (tertiary/aromatic N) is 1. The molecule has 1 atom stereocenters. The fraction of sp³-hybridized carbons (Fsp3) is 0.667. The molecule has 1 aromatic rings. The van der Waals surface area contributed by atoms with Gasteiger partial charge in [-0.05, 0) is 6.92 Å². The molecule has 1 fully saturated rings. The van der Waals surface area contributed by atoms with Crippen LogP contribution in [0.5, 0.6) is 0 Å². The predicted octanol–water partition coefficient (Wildman–Crippen LogP) is 2.38. The Bertz CT molecular complexity index is 371. The van der Waals surface area contributed by atoms with E-state index in [9.17, 15) is 13.2 Å². The average molecular weight is 252 g/mol. The Hall–Kier alpha value is -0.690. The summed E-state index contributed by atoms with van der Waals surface area (Å²) in [4.78, 5) is 3.54. The lowest BCUT2D eigenvalue weighted by atomic mass is 10.3. The van der Waals surface area contributed by atoms with Gasteiger partial charge in [0.1, 0.15) is 5.76 Å². The monoisotopic (exact) mass is 252 g/mol. The van der Waals surface area contributed by atoms with Gasteiger partial charge in [-0.15, -0.1) is 0 Å². The number of hydrogen-bond acceptors (Lipinski definition) is 4. The molecule has 1 saturated heterocycles. The number of hydrogen-bond donors (Lipinski definition) is 1. The molecule has 1 unspecified atom stereocenters. The van der Waals surface area contributed by atoms with E-state index < -0.39 is 11.9 Å². The fourth-order valence-electron chi connectivity index (χ4n) is 1.55. The molecule has 1 aliphatic rings. The van der Waals surface area contributed by atoms with Crippen LogP contribution in [0, 0.1) is 6.92 Å². The first-order valence-corrected chi connectivity index (χ1v) is 5.99. The number of nitrogens with one attached hydrogen (secondary N) is 1. The SMILES string of the molecule is Cc1oc(C2CSCCN2)nc1C(F)(F)F. The molecule has 0 amide bonds. The molecule has 1 aromatic heterocycles. The van der Waals surface area contributed by atoms with E-state index in [4.69, 9.17) is 4.42 Å². The summed E-state index contributed by atoms with van der Waals surface area (Å²) in [5, 5.41) is 3.08. The van der Waals surface area contributed by atoms with E-state index in [1.807, 2.05) is 0 Å². The Morgan fingerprint density at radius 1 is 1.50 bits per heavy atom. The molecule has 7 heteroatoms. The highest BCUT2D eigenvalue weighted by molar-refractivity contribution is 7.99. The Morgan fingerprint density at radius 3 is 2.75 bits per heavy atom. The number of aromatic nitrogens is 1. The number of oxazole rings is 1. The van der Waals surface area contributed by atoms with Gasteiger partial charge in [0.15, 0.2) is 5.69 Å². The summed E-state index contributed by atoms with van der Waals surface area (Å²) in [6.45, 7) is 2.05. The normalized spacial score (nSPS) is 22.4. The van der Waals surface area contributed by atoms with Crippen molar-refractivity contribution in [2.75, 3.05) is 18.1 Å². The van der Waals surface area contributed by atoms with Crippen molar-refractivity contribution < 1.29 is 17.6 Å². The van der Waals surface area contributed by atoms with Gasteiger partial charge in [-0.1, -0.05) is 0 Å². The summed E-state index contributed by atoms with van der Waals surface area (Å²) in [5.74, 6) is 1.62. The van der Waals surface area contributed by atoms with Crippen molar-refractivity contribution in [2.45, 2.75) is 19.1 Å². The van der Waals surface area contributed by atoms with Crippen molar-refractivity contribution in [1.82, 2.24) is 10.3 Å². The predicted molar refractivity (Wildman–Crippen MR) is 54.3 cm³/mol. The van der Waals surface area contributed by atoms with Crippen LogP contribution in [0.25, 0.3) is 0 Å². The lowest BCUT2D eigenvalue weighted by Gasteiger charge is -2.19. The Labute approximate surface area is 94.8 Å². The zero-order chi connectivity index (χ0) is 11.8. The van der Waals surface area contributed by atoms with Crippen LogP contribution in [0.1, 0.15) is 23.4 Å². The molecular formula is C9H11F3N2OS. The fourth-order valence-corrected chi connectivity index (χ4v) is 2.48. The first-order valence-electron chi connectivity index (χ1n) is 4.84. The molecule has 3 nitrogen and oxygen atoms in total. The summed E-state index contributed by atoms with van der Waals surface area (Å²) >= 11 is 1.68. The Morgan fingerprint density at radius 2 is 2.25 bits per heavy atom. The standard InChI is InChI=1S/C9H11F3N2OS/c1-5-7(9(10,11)12)14-8(15-5)6-4-16-3-2-13-6/h6,13H,2-4H2,1H3. The van der Waals surface area contributed by atoms with E-state index >= 15 is 0 Å². The summed E-state index contributed by atoms with van der Waals surface area (Å²) in [6.07, 6.45) is -4.44. The maximum Gasteiger partial charge on any atom is 0.436 e. The van der Waals surface area contributed by atoms with Crippen LogP contribution in [-0.2, 0) is 6.18 Å². The molecule has 0 aromatic carbocycles. The molecule has 16 heavy (non-hydrogen) atoms. The molecule has 1 aliphatic heterocycles. The minimum Gasteiger partial charge on any atom is -0.444 e. The Kier molecular flexibility index (Phi) is 3.16. The smallest absolute Gasteiger partial charge is 0.436 e. The molecule has 2 heterocycles. The Balaban J connectivity index is 2.23. The molecule has 0 radical (unpaired) electrons. The van der Waals surface area contributed by atoms with Gasteiger partial charge in [-0.2, -0.15) is 24.9 Å². The second-order valence-corrected chi connectivity index (χ2v) is 4.69. The summed E-state index contributed by atoms with van der Waals surface area (Å²) in [7, 11) is 0. The van der Waals surface area contributed by atoms with E-state index in [0.717, 1.165) is 12.3 Å². The minimum absolute atomic E-state index is 0.136. The van der Waals surface area contributed by atoms with Gasteiger partial charge in [0.25, 0.3) is 0 Å². The number of thioether (sulfide) groups is 1. The largest absolute Gasteiger partial charge is 0.444 e. The zero-order valence-electron chi connectivity index (χ0n) is 8.60. The number of aryl methyl sites for hydroxylation is 1. The van der Waals surface area contributed by atoms with Crippen molar-refractivity contribution in [3.8, 4) is 0 Å². The van der Waals surface area contributed by atoms with Crippen LogP contribution >= 0.6 is 11.8 Å². The van der Waals surface area contributed by atoms with Crippen molar-refractivity contribution in [3.63, 3.8) is 0 Å². The third-order valence-corrected chi connectivity index (χ3v) is 3.36. The minimum atomic E-state index is -4.44. The quantitative estimate of drug-likeness (QED) is 0.832. The van der Waals surface area contributed by atoms with E-state index in [0.29, 0.717) is 5.75 Å². The third-order valence-electron chi connectivity index (χ3n) is 2.30. The van der Waals surface area contributed by atoms with Crippen LogP contribution in [0.4, 0.5) is 13.2 Å². The second kappa shape index (κ2) is 4.29. The molecule has 1 N–H and O–H groups in total. The molecule has 0 bridgehead atoms. The summed E-state index contributed by atoms with van der Waals surface area (Å²) < 4.78 is 42.5. The first kappa shape index (κ1) is 11.8. The van der Waals surface area contributed by atoms with Crippen molar-refractivity contribution in [1.29, 1.82) is 0 Å². The molecule has 0 aliphatic carbocycles. The molecule has 2 rings (SSSR count). The maximum absolute atomic E-state index is 12.5. The highest BCUT2D eigenvalue weighted by Crippen LogP contribution is 2.33. The topological polar surface area (TPSA) is 38.1 Å². The van der Waals surface area contributed by atoms with Crippen LogP contribution in [0.3, 0.4) is 0 Å². The highest BCUT2D eigenvalue weighted by atomic mass is 32.2. The molecule has 0 spiro atoms. The lowest BCUT2D eigenvalue weighted by molar-refractivity contribution is -0.141. The van der Waals surface area contributed by atoms with Gasteiger partial charge in [-0.3, -0.25) is 0 Å². The number of rotatable bonds is 1. The third kappa shape index (κ3) is 2.35. The average Bonchev–Trinajstić information content (AvgIpc) is 2.61. The molecular weight excluding hydrogens is 241 g/mol. The number of halogens is 3. The summed E-state index contributed by atoms with van der Waals surface area (Å²) in [6, 6.07) is -0.214. The van der Waals surface area contributed by atoms with Gasteiger partial charge in [0.2, 0.25) is 5.89 Å². The second-order valence-electron chi connectivity index (χ2n) is 3.54. The van der Waals surface area contributed by atoms with Crippen LogP contribution in [-0.4, -0.2) is 23.0 Å². The zero-order valence-corrected chi connectivity index (χ0v) is 9.41. The van der Waals surface area contributed by atoms with Crippen LogP contribution < -0.4 is 5.32 Å².